The molecule has 4 rings (SSSR count). The molecule has 0 unspecified atom stereocenters. The second kappa shape index (κ2) is 7.25. The van der Waals surface area contributed by atoms with Crippen molar-refractivity contribution >= 4 is 40.1 Å². The van der Waals surface area contributed by atoms with Crippen LogP contribution in [0.1, 0.15) is 11.3 Å². The van der Waals surface area contributed by atoms with Crippen LogP contribution in [0.2, 0.25) is 10.0 Å². The molecule has 5 nitrogen and oxygen atoms in total. The number of halogens is 2. The molecule has 0 saturated carbocycles. The number of hydrogen-bond donors (Lipinski definition) is 0. The molecule has 0 spiro atoms. The first-order valence-electron chi connectivity index (χ1n) is 8.36. The van der Waals surface area contributed by atoms with Gasteiger partial charge in [-0.05, 0) is 42.8 Å². The Kier molecular flexibility index (Phi) is 4.81. The molecule has 0 aliphatic carbocycles. The standard InChI is InChI=1S/C20H15Cl2NO4/c1-11-2-4-13-14(21)10-15(22)20(19(13)23-11)27-18(24)9-12-3-5-16-17(8-12)26-7-6-25-16/h2-5,8,10H,6-7,9H2,1H3. The van der Waals surface area contributed by atoms with Crippen molar-refractivity contribution in [3.05, 3.63) is 57.7 Å². The lowest BCUT2D eigenvalue weighted by Crippen LogP contribution is -2.16. The lowest BCUT2D eigenvalue weighted by molar-refractivity contribution is -0.133. The van der Waals surface area contributed by atoms with Gasteiger partial charge in [0.25, 0.3) is 0 Å². The van der Waals surface area contributed by atoms with Crippen LogP contribution in [0.4, 0.5) is 0 Å². The fraction of sp³-hybridized carbons (Fsp3) is 0.200. The van der Waals surface area contributed by atoms with Gasteiger partial charge in [0, 0.05) is 11.1 Å². The molecule has 0 radical (unpaired) electrons. The van der Waals surface area contributed by atoms with Crippen molar-refractivity contribution in [2.75, 3.05) is 13.2 Å². The second-order valence-corrected chi connectivity index (χ2v) is 6.96. The molecule has 2 aromatic carbocycles. The number of nitrogens with zero attached hydrogens (tertiary/aromatic N) is 1. The molecule has 138 valence electrons. The Balaban J connectivity index is 1.61. The van der Waals surface area contributed by atoms with Gasteiger partial charge in [0.2, 0.25) is 0 Å². The highest BCUT2D eigenvalue weighted by molar-refractivity contribution is 6.39. The first kappa shape index (κ1) is 17.9. The summed E-state index contributed by atoms with van der Waals surface area (Å²) in [5.41, 5.74) is 1.98. The van der Waals surface area contributed by atoms with E-state index in [4.69, 9.17) is 37.4 Å². The predicted molar refractivity (Wildman–Crippen MR) is 103 cm³/mol. The average molecular weight is 404 g/mol. The van der Waals surface area contributed by atoms with Crippen molar-refractivity contribution in [2.45, 2.75) is 13.3 Å². The molecule has 7 heteroatoms. The van der Waals surface area contributed by atoms with Crippen molar-refractivity contribution in [1.82, 2.24) is 4.98 Å². The maximum atomic E-state index is 12.5. The molecule has 2 heterocycles. The van der Waals surface area contributed by atoms with Crippen molar-refractivity contribution < 1.29 is 19.0 Å². The molecule has 0 bridgehead atoms. The third kappa shape index (κ3) is 3.66. The molecule has 0 saturated heterocycles. The number of benzene rings is 2. The summed E-state index contributed by atoms with van der Waals surface area (Å²) in [4.78, 5) is 16.9. The molecule has 0 amide bonds. The first-order chi connectivity index (χ1) is 13.0. The number of carbonyl (C=O) groups excluding carboxylic acids is 1. The zero-order valence-electron chi connectivity index (χ0n) is 14.4. The fourth-order valence-electron chi connectivity index (χ4n) is 2.90. The van der Waals surface area contributed by atoms with Crippen LogP contribution in [0.5, 0.6) is 17.2 Å². The number of aryl methyl sites for hydroxylation is 1. The number of pyridine rings is 1. The molecule has 0 atom stereocenters. The first-order valence-corrected chi connectivity index (χ1v) is 9.11. The van der Waals surface area contributed by atoms with E-state index >= 15 is 0 Å². The highest BCUT2D eigenvalue weighted by atomic mass is 35.5. The minimum absolute atomic E-state index is 0.0584. The molecule has 1 aliphatic heterocycles. The summed E-state index contributed by atoms with van der Waals surface area (Å²) in [6, 6.07) is 10.6. The van der Waals surface area contributed by atoms with Crippen LogP contribution in [0.15, 0.2) is 36.4 Å². The number of esters is 1. The average Bonchev–Trinajstić information content (AvgIpc) is 2.65. The van der Waals surface area contributed by atoms with Crippen molar-refractivity contribution in [2.24, 2.45) is 0 Å². The molecule has 0 fully saturated rings. The Labute approximate surface area is 165 Å². The topological polar surface area (TPSA) is 57.7 Å². The zero-order chi connectivity index (χ0) is 19.0. The molecule has 1 aliphatic rings. The number of carbonyl (C=O) groups is 1. The molecular weight excluding hydrogens is 389 g/mol. The summed E-state index contributed by atoms with van der Waals surface area (Å²) < 4.78 is 16.6. The molecule has 3 aromatic rings. The van der Waals surface area contributed by atoms with Gasteiger partial charge < -0.3 is 14.2 Å². The summed E-state index contributed by atoms with van der Waals surface area (Å²) in [6.45, 7) is 2.84. The van der Waals surface area contributed by atoms with Crippen molar-refractivity contribution in [1.29, 1.82) is 0 Å². The van der Waals surface area contributed by atoms with E-state index in [9.17, 15) is 4.79 Å². The van der Waals surface area contributed by atoms with E-state index in [1.165, 1.54) is 0 Å². The monoisotopic (exact) mass is 403 g/mol. The van der Waals surface area contributed by atoms with Crippen LogP contribution >= 0.6 is 23.2 Å². The molecular formula is C20H15Cl2NO4. The van der Waals surface area contributed by atoms with Crippen LogP contribution < -0.4 is 14.2 Å². The third-order valence-electron chi connectivity index (χ3n) is 4.15. The van der Waals surface area contributed by atoms with Gasteiger partial charge in [-0.3, -0.25) is 4.79 Å². The largest absolute Gasteiger partial charge is 0.486 e. The summed E-state index contributed by atoms with van der Waals surface area (Å²) in [5.74, 6) is 1.05. The van der Waals surface area contributed by atoms with Gasteiger partial charge in [-0.1, -0.05) is 29.3 Å². The Morgan fingerprint density at radius 1 is 1.07 bits per heavy atom. The summed E-state index contributed by atoms with van der Waals surface area (Å²) in [6.07, 6.45) is 0.0584. The van der Waals surface area contributed by atoms with Gasteiger partial charge in [-0.15, -0.1) is 0 Å². The van der Waals surface area contributed by atoms with E-state index in [2.05, 4.69) is 4.98 Å². The van der Waals surface area contributed by atoms with Crippen LogP contribution in [-0.2, 0) is 11.2 Å². The highest BCUT2D eigenvalue weighted by Gasteiger charge is 2.18. The Morgan fingerprint density at radius 2 is 1.85 bits per heavy atom. The number of hydrogen-bond acceptors (Lipinski definition) is 5. The minimum Gasteiger partial charge on any atom is -0.486 e. The number of ether oxygens (including phenoxy) is 3. The Hall–Kier alpha value is -2.50. The van der Waals surface area contributed by atoms with Gasteiger partial charge in [0.1, 0.15) is 18.7 Å². The van der Waals surface area contributed by atoms with E-state index in [0.717, 1.165) is 11.3 Å². The summed E-state index contributed by atoms with van der Waals surface area (Å²) in [7, 11) is 0. The number of rotatable bonds is 3. The van der Waals surface area contributed by atoms with E-state index in [1.807, 2.05) is 19.1 Å². The fourth-order valence-corrected chi connectivity index (χ4v) is 3.46. The van der Waals surface area contributed by atoms with Gasteiger partial charge in [-0.2, -0.15) is 0 Å². The highest BCUT2D eigenvalue weighted by Crippen LogP contribution is 2.37. The van der Waals surface area contributed by atoms with Crippen LogP contribution in [0, 0.1) is 6.92 Å². The van der Waals surface area contributed by atoms with Gasteiger partial charge in [-0.25, -0.2) is 4.98 Å². The normalized spacial score (nSPS) is 12.9. The number of aromatic nitrogens is 1. The lowest BCUT2D eigenvalue weighted by Gasteiger charge is -2.18. The minimum atomic E-state index is -0.458. The van der Waals surface area contributed by atoms with E-state index in [-0.39, 0.29) is 17.2 Å². The summed E-state index contributed by atoms with van der Waals surface area (Å²) >= 11 is 12.5. The van der Waals surface area contributed by atoms with Crippen molar-refractivity contribution in [3.8, 4) is 17.2 Å². The maximum Gasteiger partial charge on any atom is 0.315 e. The SMILES string of the molecule is Cc1ccc2c(Cl)cc(Cl)c(OC(=O)Cc3ccc4c(c3)OCCO4)c2n1. The van der Waals surface area contributed by atoms with Crippen LogP contribution in [-0.4, -0.2) is 24.2 Å². The van der Waals surface area contributed by atoms with Crippen LogP contribution in [0.3, 0.4) is 0 Å². The molecule has 27 heavy (non-hydrogen) atoms. The van der Waals surface area contributed by atoms with Crippen molar-refractivity contribution in [3.63, 3.8) is 0 Å². The van der Waals surface area contributed by atoms with Gasteiger partial charge in [0.05, 0.1) is 16.5 Å². The van der Waals surface area contributed by atoms with Crippen LogP contribution in [0.25, 0.3) is 10.9 Å². The van der Waals surface area contributed by atoms with E-state index in [0.29, 0.717) is 40.6 Å². The quantitative estimate of drug-likeness (QED) is 0.465. The predicted octanol–water partition coefficient (Wildman–Crippen LogP) is 4.77. The Morgan fingerprint density at radius 3 is 2.67 bits per heavy atom. The second-order valence-electron chi connectivity index (χ2n) is 6.15. The third-order valence-corrected chi connectivity index (χ3v) is 4.74. The zero-order valence-corrected chi connectivity index (χ0v) is 15.9. The lowest BCUT2D eigenvalue weighted by atomic mass is 10.1. The molecule has 1 aromatic heterocycles. The van der Waals surface area contributed by atoms with E-state index < -0.39 is 5.97 Å². The smallest absolute Gasteiger partial charge is 0.315 e. The molecule has 0 N–H and O–H groups in total. The van der Waals surface area contributed by atoms with Gasteiger partial charge in [0.15, 0.2) is 17.2 Å². The van der Waals surface area contributed by atoms with E-state index in [1.54, 1.807) is 24.3 Å². The van der Waals surface area contributed by atoms with Gasteiger partial charge >= 0.3 is 5.97 Å². The Bertz CT molecular complexity index is 1050. The maximum absolute atomic E-state index is 12.5. The number of fused-ring (bicyclic) bond motifs is 2. The summed E-state index contributed by atoms with van der Waals surface area (Å²) in [5, 5.41) is 1.36.